The molecule has 0 aromatic heterocycles. The summed E-state index contributed by atoms with van der Waals surface area (Å²) in [5.74, 6) is -0.966. The Morgan fingerprint density at radius 2 is 2.00 bits per heavy atom. The molecule has 0 aromatic carbocycles. The van der Waals surface area contributed by atoms with Crippen LogP contribution in [-0.4, -0.2) is 66.2 Å². The van der Waals surface area contributed by atoms with Crippen LogP contribution in [0.25, 0.3) is 0 Å². The van der Waals surface area contributed by atoms with Gasteiger partial charge in [0.15, 0.2) is 0 Å². The maximum absolute atomic E-state index is 12.1. The van der Waals surface area contributed by atoms with Crippen molar-refractivity contribution in [2.75, 3.05) is 27.2 Å². The van der Waals surface area contributed by atoms with E-state index in [0.29, 0.717) is 6.42 Å². The summed E-state index contributed by atoms with van der Waals surface area (Å²) in [6, 6.07) is -0.867. The highest BCUT2D eigenvalue weighted by Crippen LogP contribution is 2.14. The number of carboxylic acids is 1. The van der Waals surface area contributed by atoms with Crippen molar-refractivity contribution in [3.8, 4) is 0 Å². The Kier molecular flexibility index (Phi) is 6.08. The van der Waals surface area contributed by atoms with Crippen LogP contribution in [0, 0.1) is 0 Å². The van der Waals surface area contributed by atoms with Crippen molar-refractivity contribution in [2.45, 2.75) is 44.7 Å². The minimum atomic E-state index is -0.966. The van der Waals surface area contributed by atoms with Crippen molar-refractivity contribution >= 4 is 12.0 Å². The van der Waals surface area contributed by atoms with Crippen LogP contribution < -0.4 is 5.32 Å². The second-order valence-corrected chi connectivity index (χ2v) is 5.27. The predicted molar refractivity (Wildman–Crippen MR) is 73.1 cm³/mol. The van der Waals surface area contributed by atoms with E-state index in [1.165, 1.54) is 0 Å². The van der Waals surface area contributed by atoms with Crippen molar-refractivity contribution in [2.24, 2.45) is 0 Å². The van der Waals surface area contributed by atoms with Gasteiger partial charge in [0.05, 0.1) is 0 Å². The zero-order chi connectivity index (χ0) is 14.4. The molecule has 1 fully saturated rings. The van der Waals surface area contributed by atoms with Crippen LogP contribution in [0.2, 0.25) is 0 Å². The zero-order valence-corrected chi connectivity index (χ0v) is 12.1. The van der Waals surface area contributed by atoms with Gasteiger partial charge >= 0.3 is 12.0 Å². The summed E-state index contributed by atoms with van der Waals surface area (Å²) in [5.41, 5.74) is 0. The lowest BCUT2D eigenvalue weighted by Crippen LogP contribution is -2.52. The number of amides is 2. The van der Waals surface area contributed by atoms with E-state index in [2.05, 4.69) is 17.3 Å². The lowest BCUT2D eigenvalue weighted by atomic mass is 10.0. The van der Waals surface area contributed by atoms with Gasteiger partial charge in [-0.05, 0) is 39.4 Å². The van der Waals surface area contributed by atoms with Gasteiger partial charge in [-0.2, -0.15) is 0 Å². The number of urea groups is 1. The second kappa shape index (κ2) is 7.33. The van der Waals surface area contributed by atoms with Crippen molar-refractivity contribution in [3.63, 3.8) is 0 Å². The number of rotatable bonds is 5. The summed E-state index contributed by atoms with van der Waals surface area (Å²) in [5, 5.41) is 11.6. The van der Waals surface area contributed by atoms with Crippen LogP contribution in [0.4, 0.5) is 4.79 Å². The van der Waals surface area contributed by atoms with Gasteiger partial charge in [0.1, 0.15) is 6.04 Å². The molecule has 0 radical (unpaired) electrons. The first-order valence-corrected chi connectivity index (χ1v) is 6.90. The third-order valence-electron chi connectivity index (χ3n) is 3.73. The number of hydrogen-bond acceptors (Lipinski definition) is 3. The molecular formula is C13H25N3O3. The lowest BCUT2D eigenvalue weighted by Gasteiger charge is -2.35. The molecule has 6 heteroatoms. The predicted octanol–water partition coefficient (Wildman–Crippen LogP) is 0.975. The Labute approximate surface area is 114 Å². The fourth-order valence-corrected chi connectivity index (χ4v) is 2.35. The van der Waals surface area contributed by atoms with Gasteiger partial charge in [-0.1, -0.05) is 13.3 Å². The molecule has 2 amide bonds. The zero-order valence-electron chi connectivity index (χ0n) is 12.1. The molecule has 1 aliphatic rings. The largest absolute Gasteiger partial charge is 0.480 e. The van der Waals surface area contributed by atoms with E-state index in [9.17, 15) is 9.59 Å². The highest BCUT2D eigenvalue weighted by molar-refractivity contribution is 5.82. The number of nitrogens with zero attached hydrogens (tertiary/aromatic N) is 2. The second-order valence-electron chi connectivity index (χ2n) is 5.27. The summed E-state index contributed by atoms with van der Waals surface area (Å²) in [4.78, 5) is 27.0. The van der Waals surface area contributed by atoms with Crippen molar-refractivity contribution in [1.82, 2.24) is 15.1 Å². The number of hydrogen-bond donors (Lipinski definition) is 2. The molecular weight excluding hydrogens is 246 g/mol. The molecule has 2 N–H and O–H groups in total. The third kappa shape index (κ3) is 4.70. The molecule has 110 valence electrons. The Morgan fingerprint density at radius 1 is 1.42 bits per heavy atom. The van der Waals surface area contributed by atoms with E-state index in [-0.39, 0.29) is 12.1 Å². The van der Waals surface area contributed by atoms with E-state index in [0.717, 1.165) is 32.4 Å². The molecule has 0 aromatic rings. The monoisotopic (exact) mass is 271 g/mol. The van der Waals surface area contributed by atoms with Gasteiger partial charge in [0, 0.05) is 13.1 Å². The topological polar surface area (TPSA) is 72.9 Å². The SMILES string of the molecule is CCC[C@H](NC(=O)N(C)C1CCN(C)CC1)C(=O)O. The van der Waals surface area contributed by atoms with Gasteiger partial charge in [-0.25, -0.2) is 9.59 Å². The summed E-state index contributed by atoms with van der Waals surface area (Å²) < 4.78 is 0. The minimum absolute atomic E-state index is 0.201. The van der Waals surface area contributed by atoms with Crippen LogP contribution in [-0.2, 0) is 4.79 Å². The normalized spacial score (nSPS) is 18.9. The number of aliphatic carboxylic acids is 1. The first-order chi connectivity index (χ1) is 8.95. The molecule has 1 aliphatic heterocycles. The third-order valence-corrected chi connectivity index (χ3v) is 3.73. The molecule has 0 bridgehead atoms. The Hall–Kier alpha value is -1.30. The number of carbonyl (C=O) groups excluding carboxylic acids is 1. The number of carboxylic acid groups (broad SMARTS) is 1. The summed E-state index contributed by atoms with van der Waals surface area (Å²) in [7, 11) is 3.81. The maximum atomic E-state index is 12.1. The van der Waals surface area contributed by atoms with Gasteiger partial charge < -0.3 is 20.2 Å². The molecule has 19 heavy (non-hydrogen) atoms. The summed E-state index contributed by atoms with van der Waals surface area (Å²) in [6.07, 6.45) is 3.06. The average Bonchev–Trinajstić information content (AvgIpc) is 2.38. The minimum Gasteiger partial charge on any atom is -0.480 e. The first-order valence-electron chi connectivity index (χ1n) is 6.90. The molecule has 1 rings (SSSR count). The van der Waals surface area contributed by atoms with Crippen LogP contribution in [0.3, 0.4) is 0 Å². The highest BCUT2D eigenvalue weighted by Gasteiger charge is 2.26. The highest BCUT2D eigenvalue weighted by atomic mass is 16.4. The van der Waals surface area contributed by atoms with Crippen LogP contribution >= 0.6 is 0 Å². The number of likely N-dealkylation sites (tertiary alicyclic amines) is 1. The van der Waals surface area contributed by atoms with Gasteiger partial charge in [0.2, 0.25) is 0 Å². The summed E-state index contributed by atoms with van der Waals surface area (Å²) >= 11 is 0. The van der Waals surface area contributed by atoms with Crippen LogP contribution in [0.5, 0.6) is 0 Å². The number of piperidine rings is 1. The average molecular weight is 271 g/mol. The van der Waals surface area contributed by atoms with E-state index in [4.69, 9.17) is 5.11 Å². The van der Waals surface area contributed by atoms with Crippen LogP contribution in [0.15, 0.2) is 0 Å². The van der Waals surface area contributed by atoms with Gasteiger partial charge in [-0.15, -0.1) is 0 Å². The summed E-state index contributed by atoms with van der Waals surface area (Å²) in [6.45, 7) is 3.85. The van der Waals surface area contributed by atoms with E-state index in [1.54, 1.807) is 11.9 Å². The molecule has 1 atom stereocenters. The number of nitrogens with one attached hydrogen (secondary N) is 1. The maximum Gasteiger partial charge on any atom is 0.326 e. The molecule has 1 heterocycles. The van der Waals surface area contributed by atoms with Gasteiger partial charge in [0.25, 0.3) is 0 Å². The van der Waals surface area contributed by atoms with E-state index in [1.807, 2.05) is 6.92 Å². The Morgan fingerprint density at radius 3 is 2.47 bits per heavy atom. The van der Waals surface area contributed by atoms with Crippen molar-refractivity contribution < 1.29 is 14.7 Å². The molecule has 1 saturated heterocycles. The smallest absolute Gasteiger partial charge is 0.326 e. The molecule has 0 unspecified atom stereocenters. The Bertz CT molecular complexity index is 314. The first kappa shape index (κ1) is 15.8. The molecule has 6 nitrogen and oxygen atoms in total. The Balaban J connectivity index is 2.49. The van der Waals surface area contributed by atoms with Crippen LogP contribution in [0.1, 0.15) is 32.6 Å². The van der Waals surface area contributed by atoms with Crippen molar-refractivity contribution in [3.05, 3.63) is 0 Å². The molecule has 0 spiro atoms. The van der Waals surface area contributed by atoms with E-state index < -0.39 is 12.0 Å². The molecule has 0 saturated carbocycles. The van der Waals surface area contributed by atoms with Gasteiger partial charge in [-0.3, -0.25) is 0 Å². The van der Waals surface area contributed by atoms with Crippen molar-refractivity contribution in [1.29, 1.82) is 0 Å². The fraction of sp³-hybridized carbons (Fsp3) is 0.846. The molecule has 0 aliphatic carbocycles. The standard InChI is InChI=1S/C13H25N3O3/c1-4-5-11(12(17)18)14-13(19)16(3)10-6-8-15(2)9-7-10/h10-11H,4-9H2,1-3H3,(H,14,19)(H,17,18)/t11-/m0/s1. The lowest BCUT2D eigenvalue weighted by molar-refractivity contribution is -0.139. The van der Waals surface area contributed by atoms with E-state index >= 15 is 0 Å². The number of carbonyl (C=O) groups is 2. The quantitative estimate of drug-likeness (QED) is 0.781. The fourth-order valence-electron chi connectivity index (χ4n) is 2.35.